The second kappa shape index (κ2) is 6.17. The smallest absolute Gasteiger partial charge is 0.274 e. The maximum Gasteiger partial charge on any atom is 0.274 e. The molecule has 1 fully saturated rings. The Kier molecular flexibility index (Phi) is 4.09. The summed E-state index contributed by atoms with van der Waals surface area (Å²) < 4.78 is 1.86. The van der Waals surface area contributed by atoms with Crippen LogP contribution in [0.2, 0.25) is 0 Å². The molecule has 0 spiro atoms. The molecular weight excluding hydrogens is 280 g/mol. The Morgan fingerprint density at radius 1 is 1.32 bits per heavy atom. The number of piperidine rings is 1. The highest BCUT2D eigenvalue weighted by Crippen LogP contribution is 2.18. The quantitative estimate of drug-likeness (QED) is 0.929. The molecule has 2 aromatic heterocycles. The Hall–Kier alpha value is -2.37. The zero-order valence-electron chi connectivity index (χ0n) is 12.7. The molecule has 0 radical (unpaired) electrons. The first-order chi connectivity index (χ1) is 10.6. The Balaban J connectivity index is 1.61. The van der Waals surface area contributed by atoms with Crippen molar-refractivity contribution in [1.29, 1.82) is 0 Å². The number of nitrogens with one attached hydrogen (secondary N) is 1. The van der Waals surface area contributed by atoms with Gasteiger partial charge >= 0.3 is 0 Å². The summed E-state index contributed by atoms with van der Waals surface area (Å²) in [5, 5.41) is 2.85. The number of rotatable bonds is 3. The van der Waals surface area contributed by atoms with E-state index in [1.54, 1.807) is 6.20 Å². The lowest BCUT2D eigenvalue weighted by Crippen LogP contribution is -2.41. The molecule has 0 unspecified atom stereocenters. The maximum atomic E-state index is 12.5. The third kappa shape index (κ3) is 3.10. The van der Waals surface area contributed by atoms with Gasteiger partial charge in [-0.15, -0.1) is 0 Å². The Morgan fingerprint density at radius 2 is 2.09 bits per heavy atom. The van der Waals surface area contributed by atoms with Gasteiger partial charge in [-0.3, -0.25) is 9.59 Å². The first kappa shape index (κ1) is 14.6. The van der Waals surface area contributed by atoms with Gasteiger partial charge in [0.2, 0.25) is 5.91 Å². The van der Waals surface area contributed by atoms with Crippen molar-refractivity contribution in [3.05, 3.63) is 36.3 Å². The fourth-order valence-corrected chi connectivity index (χ4v) is 2.83. The van der Waals surface area contributed by atoms with Crippen LogP contribution in [-0.2, 0) is 4.79 Å². The van der Waals surface area contributed by atoms with Gasteiger partial charge < -0.3 is 14.6 Å². The lowest BCUT2D eigenvalue weighted by molar-refractivity contribution is -0.119. The summed E-state index contributed by atoms with van der Waals surface area (Å²) in [6.45, 7) is 3.67. The van der Waals surface area contributed by atoms with Crippen LogP contribution in [0.3, 0.4) is 0 Å². The molecule has 22 heavy (non-hydrogen) atoms. The monoisotopic (exact) mass is 300 g/mol. The SMILES string of the molecule is CC(=O)NCC1CCN(C(=O)c2cn3ccccc3n2)CC1. The van der Waals surface area contributed by atoms with Gasteiger partial charge in [-0.2, -0.15) is 0 Å². The number of carbonyl (C=O) groups is 2. The fourth-order valence-electron chi connectivity index (χ4n) is 2.83. The van der Waals surface area contributed by atoms with Crippen molar-refractivity contribution in [3.8, 4) is 0 Å². The van der Waals surface area contributed by atoms with Crippen LogP contribution in [0.4, 0.5) is 0 Å². The molecule has 2 amide bonds. The van der Waals surface area contributed by atoms with Crippen molar-refractivity contribution < 1.29 is 9.59 Å². The Labute approximate surface area is 129 Å². The van der Waals surface area contributed by atoms with Crippen molar-refractivity contribution in [2.24, 2.45) is 5.92 Å². The number of aromatic nitrogens is 2. The van der Waals surface area contributed by atoms with E-state index in [1.807, 2.05) is 33.7 Å². The number of pyridine rings is 1. The predicted molar refractivity (Wildman–Crippen MR) is 82.5 cm³/mol. The molecule has 0 atom stereocenters. The van der Waals surface area contributed by atoms with Crippen LogP contribution in [0.5, 0.6) is 0 Å². The summed E-state index contributed by atoms with van der Waals surface area (Å²) in [5.74, 6) is 0.443. The molecule has 0 saturated carbocycles. The molecule has 0 aromatic carbocycles. The van der Waals surface area contributed by atoms with E-state index in [0.29, 0.717) is 18.2 Å². The largest absolute Gasteiger partial charge is 0.356 e. The van der Waals surface area contributed by atoms with Crippen LogP contribution in [0, 0.1) is 5.92 Å². The van der Waals surface area contributed by atoms with Crippen LogP contribution in [0.25, 0.3) is 5.65 Å². The number of imidazole rings is 1. The molecule has 1 aliphatic heterocycles. The van der Waals surface area contributed by atoms with E-state index in [2.05, 4.69) is 10.3 Å². The number of likely N-dealkylation sites (tertiary alicyclic amines) is 1. The molecule has 0 aliphatic carbocycles. The molecule has 1 N–H and O–H groups in total. The third-order valence-corrected chi connectivity index (χ3v) is 4.12. The van der Waals surface area contributed by atoms with Crippen molar-refractivity contribution in [3.63, 3.8) is 0 Å². The fraction of sp³-hybridized carbons (Fsp3) is 0.438. The predicted octanol–water partition coefficient (Wildman–Crippen LogP) is 1.32. The average Bonchev–Trinajstić information content (AvgIpc) is 2.96. The van der Waals surface area contributed by atoms with Crippen molar-refractivity contribution in [2.75, 3.05) is 19.6 Å². The minimum Gasteiger partial charge on any atom is -0.356 e. The highest BCUT2D eigenvalue weighted by atomic mass is 16.2. The van der Waals surface area contributed by atoms with Gasteiger partial charge in [0.25, 0.3) is 5.91 Å². The van der Waals surface area contributed by atoms with Crippen molar-refractivity contribution >= 4 is 17.5 Å². The number of carbonyl (C=O) groups excluding carboxylic acids is 2. The first-order valence-corrected chi connectivity index (χ1v) is 7.61. The van der Waals surface area contributed by atoms with Gasteiger partial charge in [-0.05, 0) is 30.9 Å². The normalized spacial score (nSPS) is 16.0. The highest BCUT2D eigenvalue weighted by molar-refractivity contribution is 5.93. The van der Waals surface area contributed by atoms with Gasteiger partial charge in [0, 0.05) is 39.0 Å². The summed E-state index contributed by atoms with van der Waals surface area (Å²) in [6.07, 6.45) is 5.50. The van der Waals surface area contributed by atoms with Gasteiger partial charge in [-0.25, -0.2) is 4.98 Å². The molecule has 3 rings (SSSR count). The van der Waals surface area contributed by atoms with Crippen LogP contribution < -0.4 is 5.32 Å². The van der Waals surface area contributed by atoms with Crippen molar-refractivity contribution in [2.45, 2.75) is 19.8 Å². The number of fused-ring (bicyclic) bond motifs is 1. The first-order valence-electron chi connectivity index (χ1n) is 7.61. The highest BCUT2D eigenvalue weighted by Gasteiger charge is 2.25. The molecule has 1 saturated heterocycles. The number of nitrogens with zero attached hydrogens (tertiary/aromatic N) is 3. The topological polar surface area (TPSA) is 66.7 Å². The maximum absolute atomic E-state index is 12.5. The summed E-state index contributed by atoms with van der Waals surface area (Å²) >= 11 is 0. The number of amides is 2. The average molecular weight is 300 g/mol. The molecule has 2 aromatic rings. The molecule has 116 valence electrons. The zero-order valence-corrected chi connectivity index (χ0v) is 12.7. The summed E-state index contributed by atoms with van der Waals surface area (Å²) in [6, 6.07) is 5.71. The molecule has 3 heterocycles. The molecule has 6 heteroatoms. The Bertz CT molecular complexity index is 653. The van der Waals surface area contributed by atoms with E-state index in [1.165, 1.54) is 6.92 Å². The van der Waals surface area contributed by atoms with Crippen molar-refractivity contribution in [1.82, 2.24) is 19.6 Å². The second-order valence-electron chi connectivity index (χ2n) is 5.76. The van der Waals surface area contributed by atoms with E-state index in [4.69, 9.17) is 0 Å². The third-order valence-electron chi connectivity index (χ3n) is 4.12. The molecule has 6 nitrogen and oxygen atoms in total. The summed E-state index contributed by atoms with van der Waals surface area (Å²) in [5.41, 5.74) is 1.28. The van der Waals surface area contributed by atoms with Crippen LogP contribution in [0.1, 0.15) is 30.3 Å². The number of hydrogen-bond acceptors (Lipinski definition) is 3. The van der Waals surface area contributed by atoms with Gasteiger partial charge in [0.15, 0.2) is 0 Å². The molecular formula is C16H20N4O2. The standard InChI is InChI=1S/C16H20N4O2/c1-12(21)17-10-13-5-8-19(9-6-13)16(22)14-11-20-7-3-2-4-15(20)18-14/h2-4,7,11,13H,5-6,8-10H2,1H3,(H,17,21). The zero-order chi connectivity index (χ0) is 15.5. The van der Waals surface area contributed by atoms with Gasteiger partial charge in [-0.1, -0.05) is 6.07 Å². The van der Waals surface area contributed by atoms with E-state index in [0.717, 1.165) is 31.6 Å². The summed E-state index contributed by atoms with van der Waals surface area (Å²) in [7, 11) is 0. The van der Waals surface area contributed by atoms with Gasteiger partial charge in [0.1, 0.15) is 11.3 Å². The van der Waals surface area contributed by atoms with E-state index < -0.39 is 0 Å². The van der Waals surface area contributed by atoms with Crippen LogP contribution >= 0.6 is 0 Å². The van der Waals surface area contributed by atoms with E-state index >= 15 is 0 Å². The summed E-state index contributed by atoms with van der Waals surface area (Å²) in [4.78, 5) is 29.7. The molecule has 1 aliphatic rings. The van der Waals surface area contributed by atoms with Gasteiger partial charge in [0.05, 0.1) is 0 Å². The lowest BCUT2D eigenvalue weighted by Gasteiger charge is -2.31. The second-order valence-corrected chi connectivity index (χ2v) is 5.76. The lowest BCUT2D eigenvalue weighted by atomic mass is 9.96. The van der Waals surface area contributed by atoms with Crippen LogP contribution in [0.15, 0.2) is 30.6 Å². The van der Waals surface area contributed by atoms with E-state index in [-0.39, 0.29) is 11.8 Å². The minimum atomic E-state index is -0.0123. The van der Waals surface area contributed by atoms with Crippen LogP contribution in [-0.4, -0.2) is 45.7 Å². The van der Waals surface area contributed by atoms with E-state index in [9.17, 15) is 9.59 Å². The molecule has 0 bridgehead atoms. The number of hydrogen-bond donors (Lipinski definition) is 1. The Morgan fingerprint density at radius 3 is 2.77 bits per heavy atom. The minimum absolute atomic E-state index is 0.00297.